The van der Waals surface area contributed by atoms with Gasteiger partial charge in [0.1, 0.15) is 11.3 Å². The van der Waals surface area contributed by atoms with E-state index in [1.807, 2.05) is 6.92 Å². The number of benzene rings is 1. The molecule has 1 atom stereocenters. The standard InChI is InChI=1S/C11H15NO4/c1-7(6-16-12)8-3-4-10(13)9(5-8)11(14)15-2/h3-5,7,13H,6,12H2,1-2H3. The molecule has 3 N–H and O–H groups in total. The molecule has 0 heterocycles. The van der Waals surface area contributed by atoms with Gasteiger partial charge in [-0.3, -0.25) is 0 Å². The monoisotopic (exact) mass is 225 g/mol. The van der Waals surface area contributed by atoms with Gasteiger partial charge in [-0.1, -0.05) is 13.0 Å². The third-order valence-electron chi connectivity index (χ3n) is 2.34. The Morgan fingerprint density at radius 1 is 1.56 bits per heavy atom. The van der Waals surface area contributed by atoms with Crippen LogP contribution in [0, 0.1) is 0 Å². The van der Waals surface area contributed by atoms with Crippen molar-refractivity contribution in [2.45, 2.75) is 12.8 Å². The van der Waals surface area contributed by atoms with Gasteiger partial charge in [-0.25, -0.2) is 10.7 Å². The van der Waals surface area contributed by atoms with E-state index in [1.54, 1.807) is 12.1 Å². The molecule has 0 saturated heterocycles. The first kappa shape index (κ1) is 12.5. The van der Waals surface area contributed by atoms with E-state index in [-0.39, 0.29) is 17.2 Å². The van der Waals surface area contributed by atoms with Gasteiger partial charge in [-0.15, -0.1) is 0 Å². The second-order valence-electron chi connectivity index (χ2n) is 3.50. The predicted molar refractivity (Wildman–Crippen MR) is 58.0 cm³/mol. The maximum absolute atomic E-state index is 11.3. The molecular weight excluding hydrogens is 210 g/mol. The highest BCUT2D eigenvalue weighted by atomic mass is 16.6. The summed E-state index contributed by atoms with van der Waals surface area (Å²) < 4.78 is 4.56. The molecule has 88 valence electrons. The van der Waals surface area contributed by atoms with E-state index in [0.29, 0.717) is 6.61 Å². The predicted octanol–water partition coefficient (Wildman–Crippen LogP) is 1.17. The van der Waals surface area contributed by atoms with Gasteiger partial charge in [-0.05, 0) is 17.7 Å². The fourth-order valence-electron chi connectivity index (χ4n) is 1.37. The maximum Gasteiger partial charge on any atom is 0.341 e. The molecule has 16 heavy (non-hydrogen) atoms. The first-order valence-electron chi connectivity index (χ1n) is 4.83. The molecule has 0 aliphatic heterocycles. The zero-order valence-corrected chi connectivity index (χ0v) is 9.27. The number of carbonyl (C=O) groups is 1. The Bertz CT molecular complexity index is 378. The fraction of sp³-hybridized carbons (Fsp3) is 0.364. The number of esters is 1. The number of hydrogen-bond donors (Lipinski definition) is 2. The summed E-state index contributed by atoms with van der Waals surface area (Å²) in [5, 5.41) is 9.49. The SMILES string of the molecule is COC(=O)c1cc(C(C)CON)ccc1O. The van der Waals surface area contributed by atoms with Crippen LogP contribution in [0.25, 0.3) is 0 Å². The molecule has 1 aromatic rings. The molecule has 0 amide bonds. The minimum absolute atomic E-state index is 0.0361. The van der Waals surface area contributed by atoms with Crippen LogP contribution in [0.3, 0.4) is 0 Å². The molecule has 1 aromatic carbocycles. The van der Waals surface area contributed by atoms with E-state index in [9.17, 15) is 9.90 Å². The minimum atomic E-state index is -0.569. The fourth-order valence-corrected chi connectivity index (χ4v) is 1.37. The Balaban J connectivity index is 3.02. The smallest absolute Gasteiger partial charge is 0.341 e. The molecule has 0 aliphatic carbocycles. The van der Waals surface area contributed by atoms with Crippen molar-refractivity contribution in [1.29, 1.82) is 0 Å². The maximum atomic E-state index is 11.3. The second-order valence-corrected chi connectivity index (χ2v) is 3.50. The minimum Gasteiger partial charge on any atom is -0.507 e. The highest BCUT2D eigenvalue weighted by Gasteiger charge is 2.14. The number of phenols is 1. The van der Waals surface area contributed by atoms with E-state index in [1.165, 1.54) is 13.2 Å². The first-order chi connectivity index (χ1) is 7.60. The lowest BCUT2D eigenvalue weighted by Crippen LogP contribution is -2.10. The Kier molecular flexibility index (Phi) is 4.28. The van der Waals surface area contributed by atoms with Crippen molar-refractivity contribution >= 4 is 5.97 Å². The van der Waals surface area contributed by atoms with E-state index < -0.39 is 5.97 Å². The average Bonchev–Trinajstić information content (AvgIpc) is 2.29. The van der Waals surface area contributed by atoms with Crippen molar-refractivity contribution in [2.24, 2.45) is 5.90 Å². The first-order valence-corrected chi connectivity index (χ1v) is 4.83. The van der Waals surface area contributed by atoms with E-state index in [2.05, 4.69) is 9.57 Å². The van der Waals surface area contributed by atoms with Crippen LogP contribution in [0.15, 0.2) is 18.2 Å². The van der Waals surface area contributed by atoms with Crippen molar-refractivity contribution < 1.29 is 19.5 Å². The molecule has 5 heteroatoms. The molecule has 0 aliphatic rings. The number of methoxy groups -OCH3 is 1. The molecule has 0 bridgehead atoms. The quantitative estimate of drug-likeness (QED) is 0.593. The van der Waals surface area contributed by atoms with Gasteiger partial charge in [0.05, 0.1) is 13.7 Å². The third-order valence-corrected chi connectivity index (χ3v) is 2.34. The second kappa shape index (κ2) is 5.48. The van der Waals surface area contributed by atoms with Gasteiger partial charge < -0.3 is 14.7 Å². The topological polar surface area (TPSA) is 81.8 Å². The summed E-state index contributed by atoms with van der Waals surface area (Å²) in [4.78, 5) is 15.9. The number of aromatic hydroxyl groups is 1. The Morgan fingerprint density at radius 3 is 2.81 bits per heavy atom. The largest absolute Gasteiger partial charge is 0.507 e. The highest BCUT2D eigenvalue weighted by molar-refractivity contribution is 5.92. The number of hydrogen-bond acceptors (Lipinski definition) is 5. The van der Waals surface area contributed by atoms with Crippen LogP contribution in [-0.4, -0.2) is 24.8 Å². The number of nitrogens with two attached hydrogens (primary N) is 1. The van der Waals surface area contributed by atoms with Crippen LogP contribution < -0.4 is 5.90 Å². The number of phenolic OH excluding ortho intramolecular Hbond substituents is 1. The van der Waals surface area contributed by atoms with Crippen LogP contribution in [0.2, 0.25) is 0 Å². The van der Waals surface area contributed by atoms with Gasteiger partial charge in [0, 0.05) is 5.92 Å². The molecule has 0 radical (unpaired) electrons. The molecule has 0 aromatic heterocycles. The highest BCUT2D eigenvalue weighted by Crippen LogP contribution is 2.24. The molecule has 0 spiro atoms. The van der Waals surface area contributed by atoms with Crippen LogP contribution in [0.4, 0.5) is 0 Å². The normalized spacial score (nSPS) is 12.2. The molecule has 0 saturated carbocycles. The number of ether oxygens (including phenoxy) is 1. The van der Waals surface area contributed by atoms with Gasteiger partial charge in [0.15, 0.2) is 0 Å². The lowest BCUT2D eigenvalue weighted by Gasteiger charge is -2.12. The zero-order valence-electron chi connectivity index (χ0n) is 9.27. The Hall–Kier alpha value is -1.59. The van der Waals surface area contributed by atoms with E-state index in [0.717, 1.165) is 5.56 Å². The molecule has 0 fully saturated rings. The van der Waals surface area contributed by atoms with Gasteiger partial charge >= 0.3 is 5.97 Å². The van der Waals surface area contributed by atoms with Crippen LogP contribution in [0.5, 0.6) is 5.75 Å². The van der Waals surface area contributed by atoms with Crippen molar-refractivity contribution in [3.8, 4) is 5.75 Å². The number of carbonyl (C=O) groups excluding carboxylic acids is 1. The van der Waals surface area contributed by atoms with Crippen molar-refractivity contribution in [1.82, 2.24) is 0 Å². The van der Waals surface area contributed by atoms with Crippen LogP contribution >= 0.6 is 0 Å². The molecule has 1 unspecified atom stereocenters. The lowest BCUT2D eigenvalue weighted by atomic mass is 9.99. The average molecular weight is 225 g/mol. The van der Waals surface area contributed by atoms with Crippen molar-refractivity contribution in [2.75, 3.05) is 13.7 Å². The summed E-state index contributed by atoms with van der Waals surface area (Å²) in [6.45, 7) is 2.24. The van der Waals surface area contributed by atoms with Crippen molar-refractivity contribution in [3.63, 3.8) is 0 Å². The van der Waals surface area contributed by atoms with Gasteiger partial charge in [-0.2, -0.15) is 0 Å². The third kappa shape index (κ3) is 2.71. The van der Waals surface area contributed by atoms with E-state index >= 15 is 0 Å². The van der Waals surface area contributed by atoms with E-state index in [4.69, 9.17) is 5.90 Å². The molecule has 5 nitrogen and oxygen atoms in total. The summed E-state index contributed by atoms with van der Waals surface area (Å²) in [5.74, 6) is 4.35. The summed E-state index contributed by atoms with van der Waals surface area (Å²) in [6, 6.07) is 4.74. The summed E-state index contributed by atoms with van der Waals surface area (Å²) in [7, 11) is 1.26. The van der Waals surface area contributed by atoms with Crippen molar-refractivity contribution in [3.05, 3.63) is 29.3 Å². The Labute approximate surface area is 93.7 Å². The summed E-state index contributed by atoms with van der Waals surface area (Å²) in [5.41, 5.74) is 0.993. The van der Waals surface area contributed by atoms with Gasteiger partial charge in [0.25, 0.3) is 0 Å². The summed E-state index contributed by atoms with van der Waals surface area (Å²) >= 11 is 0. The zero-order chi connectivity index (χ0) is 12.1. The van der Waals surface area contributed by atoms with Crippen LogP contribution in [0.1, 0.15) is 28.8 Å². The Morgan fingerprint density at radius 2 is 2.25 bits per heavy atom. The van der Waals surface area contributed by atoms with Crippen LogP contribution in [-0.2, 0) is 9.57 Å². The molecule has 1 rings (SSSR count). The summed E-state index contributed by atoms with van der Waals surface area (Å²) in [6.07, 6.45) is 0. The lowest BCUT2D eigenvalue weighted by molar-refractivity contribution is 0.0597. The van der Waals surface area contributed by atoms with Gasteiger partial charge in [0.2, 0.25) is 0 Å². The molecular formula is C11H15NO4. The number of rotatable bonds is 4.